The third-order valence-electron chi connectivity index (χ3n) is 2.65. The Bertz CT molecular complexity index is 492. The molecule has 0 unspecified atom stereocenters. The third-order valence-corrected chi connectivity index (χ3v) is 3.98. The number of thioether (sulfide) groups is 1. The summed E-state index contributed by atoms with van der Waals surface area (Å²) in [7, 11) is 0. The van der Waals surface area contributed by atoms with Gasteiger partial charge >= 0.3 is 5.97 Å². The fourth-order valence-corrected chi connectivity index (χ4v) is 3.19. The SMILES string of the molecule is O=C(O)CCC(=O)N1CCSc2cccc(Cl)c21. The van der Waals surface area contributed by atoms with Crippen LogP contribution in [0.1, 0.15) is 12.8 Å². The molecular weight excluding hydrogens is 274 g/mol. The highest BCUT2D eigenvalue weighted by Crippen LogP contribution is 2.40. The Hall–Kier alpha value is -1.20. The fourth-order valence-electron chi connectivity index (χ4n) is 1.83. The monoisotopic (exact) mass is 285 g/mol. The summed E-state index contributed by atoms with van der Waals surface area (Å²) in [5, 5.41) is 9.14. The molecule has 1 aromatic rings. The number of aliphatic carboxylic acids is 1. The van der Waals surface area contributed by atoms with Gasteiger partial charge in [0.15, 0.2) is 0 Å². The summed E-state index contributed by atoms with van der Waals surface area (Å²) in [5.74, 6) is -0.354. The molecule has 0 aliphatic carbocycles. The lowest BCUT2D eigenvalue weighted by Crippen LogP contribution is -2.35. The van der Waals surface area contributed by atoms with Crippen molar-refractivity contribution in [3.8, 4) is 0 Å². The average Bonchev–Trinajstić information content (AvgIpc) is 2.35. The van der Waals surface area contributed by atoms with Crippen molar-refractivity contribution in [1.29, 1.82) is 0 Å². The topological polar surface area (TPSA) is 57.6 Å². The molecule has 6 heteroatoms. The highest BCUT2D eigenvalue weighted by molar-refractivity contribution is 7.99. The van der Waals surface area contributed by atoms with Gasteiger partial charge in [0, 0.05) is 23.6 Å². The molecule has 18 heavy (non-hydrogen) atoms. The lowest BCUT2D eigenvalue weighted by molar-refractivity contribution is -0.138. The molecule has 0 spiro atoms. The van der Waals surface area contributed by atoms with Crippen molar-refractivity contribution in [2.45, 2.75) is 17.7 Å². The fraction of sp³-hybridized carbons (Fsp3) is 0.333. The molecule has 96 valence electrons. The van der Waals surface area contributed by atoms with Crippen LogP contribution in [0.2, 0.25) is 5.02 Å². The Kier molecular flexibility index (Phi) is 4.14. The maximum absolute atomic E-state index is 12.0. The molecule has 0 saturated carbocycles. The van der Waals surface area contributed by atoms with E-state index in [-0.39, 0.29) is 18.7 Å². The first-order valence-corrected chi connectivity index (χ1v) is 6.89. The predicted octanol–water partition coefficient (Wildman–Crippen LogP) is 2.64. The van der Waals surface area contributed by atoms with Crippen LogP contribution in [-0.4, -0.2) is 29.3 Å². The van der Waals surface area contributed by atoms with Crippen LogP contribution in [0.3, 0.4) is 0 Å². The first-order chi connectivity index (χ1) is 8.59. The van der Waals surface area contributed by atoms with Crippen LogP contribution in [0, 0.1) is 0 Å². The van der Waals surface area contributed by atoms with E-state index in [1.54, 1.807) is 22.7 Å². The minimum Gasteiger partial charge on any atom is -0.481 e. The van der Waals surface area contributed by atoms with Gasteiger partial charge in [-0.15, -0.1) is 11.8 Å². The Morgan fingerprint density at radius 2 is 2.17 bits per heavy atom. The number of carboxylic acid groups (broad SMARTS) is 1. The number of benzene rings is 1. The van der Waals surface area contributed by atoms with Crippen LogP contribution in [-0.2, 0) is 9.59 Å². The number of carboxylic acids is 1. The molecule has 1 aromatic carbocycles. The molecule has 0 fully saturated rings. The van der Waals surface area contributed by atoms with E-state index in [9.17, 15) is 9.59 Å². The van der Waals surface area contributed by atoms with Gasteiger partial charge in [0.2, 0.25) is 5.91 Å². The maximum Gasteiger partial charge on any atom is 0.303 e. The third kappa shape index (κ3) is 2.79. The summed E-state index contributed by atoms with van der Waals surface area (Å²) in [6.45, 7) is 0.569. The van der Waals surface area contributed by atoms with E-state index in [1.165, 1.54) is 0 Å². The van der Waals surface area contributed by atoms with Gasteiger partial charge in [0.25, 0.3) is 0 Å². The molecule has 0 radical (unpaired) electrons. The van der Waals surface area contributed by atoms with Crippen molar-refractivity contribution in [2.75, 3.05) is 17.2 Å². The Labute approximate surface area is 114 Å². The highest BCUT2D eigenvalue weighted by Gasteiger charge is 2.25. The first-order valence-electron chi connectivity index (χ1n) is 5.53. The van der Waals surface area contributed by atoms with Gasteiger partial charge in [-0.25, -0.2) is 0 Å². The molecule has 1 amide bonds. The highest BCUT2D eigenvalue weighted by atomic mass is 35.5. The molecular formula is C12H12ClNO3S. The summed E-state index contributed by atoms with van der Waals surface area (Å²) < 4.78 is 0. The largest absolute Gasteiger partial charge is 0.481 e. The van der Waals surface area contributed by atoms with Crippen molar-refractivity contribution in [2.24, 2.45) is 0 Å². The van der Waals surface area contributed by atoms with Crippen LogP contribution in [0.25, 0.3) is 0 Å². The number of hydrogen-bond acceptors (Lipinski definition) is 3. The molecule has 4 nitrogen and oxygen atoms in total. The molecule has 0 saturated heterocycles. The second-order valence-electron chi connectivity index (χ2n) is 3.87. The minimum absolute atomic E-state index is 0.00463. The standard InChI is InChI=1S/C12H12ClNO3S/c13-8-2-1-3-9-12(8)14(6-7-18-9)10(15)4-5-11(16)17/h1-3H,4-7H2,(H,16,17). The van der Waals surface area contributed by atoms with E-state index in [1.807, 2.05) is 12.1 Å². The Morgan fingerprint density at radius 1 is 1.39 bits per heavy atom. The van der Waals surface area contributed by atoms with Gasteiger partial charge in [-0.05, 0) is 12.1 Å². The molecule has 1 aliphatic heterocycles. The van der Waals surface area contributed by atoms with E-state index in [2.05, 4.69) is 0 Å². The van der Waals surface area contributed by atoms with Crippen LogP contribution < -0.4 is 4.90 Å². The predicted molar refractivity (Wildman–Crippen MR) is 71.4 cm³/mol. The van der Waals surface area contributed by atoms with E-state index >= 15 is 0 Å². The van der Waals surface area contributed by atoms with Crippen molar-refractivity contribution < 1.29 is 14.7 Å². The molecule has 0 atom stereocenters. The molecule has 1 aliphatic rings. The summed E-state index contributed by atoms with van der Waals surface area (Å²) in [5.41, 5.74) is 0.714. The van der Waals surface area contributed by atoms with E-state index in [0.717, 1.165) is 10.6 Å². The molecule has 2 rings (SSSR count). The number of carbonyl (C=O) groups is 2. The van der Waals surface area contributed by atoms with Gasteiger partial charge in [0.1, 0.15) is 0 Å². The quantitative estimate of drug-likeness (QED) is 0.927. The summed E-state index contributed by atoms with van der Waals surface area (Å²) >= 11 is 7.77. The zero-order chi connectivity index (χ0) is 13.1. The summed E-state index contributed by atoms with van der Waals surface area (Å²) in [6, 6.07) is 5.51. The number of hydrogen-bond donors (Lipinski definition) is 1. The van der Waals surface area contributed by atoms with Crippen molar-refractivity contribution in [1.82, 2.24) is 0 Å². The van der Waals surface area contributed by atoms with Crippen LogP contribution in [0.4, 0.5) is 5.69 Å². The van der Waals surface area contributed by atoms with E-state index in [4.69, 9.17) is 16.7 Å². The zero-order valence-corrected chi connectivity index (χ0v) is 11.1. The van der Waals surface area contributed by atoms with Gasteiger partial charge in [0.05, 0.1) is 17.1 Å². The van der Waals surface area contributed by atoms with Crippen molar-refractivity contribution >= 4 is 40.9 Å². The number of halogens is 1. The van der Waals surface area contributed by atoms with Gasteiger partial charge < -0.3 is 10.0 Å². The maximum atomic E-state index is 12.0. The molecule has 0 bridgehead atoms. The van der Waals surface area contributed by atoms with Gasteiger partial charge in [-0.3, -0.25) is 9.59 Å². The normalized spacial score (nSPS) is 14.2. The zero-order valence-electron chi connectivity index (χ0n) is 9.56. The number of anilines is 1. The first kappa shape index (κ1) is 13.2. The van der Waals surface area contributed by atoms with E-state index < -0.39 is 5.97 Å². The van der Waals surface area contributed by atoms with Gasteiger partial charge in [-0.1, -0.05) is 17.7 Å². The van der Waals surface area contributed by atoms with Crippen molar-refractivity contribution in [3.63, 3.8) is 0 Å². The van der Waals surface area contributed by atoms with Crippen LogP contribution in [0.5, 0.6) is 0 Å². The number of rotatable bonds is 3. The smallest absolute Gasteiger partial charge is 0.303 e. The minimum atomic E-state index is -0.964. The summed E-state index contributed by atoms with van der Waals surface area (Å²) in [6.07, 6.45) is -0.146. The van der Waals surface area contributed by atoms with E-state index in [0.29, 0.717) is 17.3 Å². The Morgan fingerprint density at radius 3 is 2.89 bits per heavy atom. The second-order valence-corrected chi connectivity index (χ2v) is 5.42. The van der Waals surface area contributed by atoms with Crippen LogP contribution >= 0.6 is 23.4 Å². The van der Waals surface area contributed by atoms with Crippen LogP contribution in [0.15, 0.2) is 23.1 Å². The summed E-state index contributed by atoms with van der Waals surface area (Å²) in [4.78, 5) is 25.1. The number of fused-ring (bicyclic) bond motifs is 1. The second kappa shape index (κ2) is 5.63. The number of para-hydroxylation sites is 1. The molecule has 1 N–H and O–H groups in total. The number of carbonyl (C=O) groups excluding carboxylic acids is 1. The molecule has 1 heterocycles. The number of amides is 1. The van der Waals surface area contributed by atoms with Crippen molar-refractivity contribution in [3.05, 3.63) is 23.2 Å². The average molecular weight is 286 g/mol. The Balaban J connectivity index is 2.21. The lowest BCUT2D eigenvalue weighted by Gasteiger charge is -2.29. The van der Waals surface area contributed by atoms with Gasteiger partial charge in [-0.2, -0.15) is 0 Å². The number of nitrogens with zero attached hydrogens (tertiary/aromatic N) is 1. The molecule has 0 aromatic heterocycles. The lowest BCUT2D eigenvalue weighted by atomic mass is 10.2.